The molecule has 0 atom stereocenters. The van der Waals surface area contributed by atoms with Crippen molar-refractivity contribution in [1.29, 1.82) is 0 Å². The molecule has 106 valence electrons. The molecule has 2 aromatic carbocycles. The Morgan fingerprint density at radius 1 is 0.950 bits per heavy atom. The topological polar surface area (TPSA) is 29.5 Å². The van der Waals surface area contributed by atoms with Gasteiger partial charge < -0.3 is 9.84 Å². The van der Waals surface area contributed by atoms with Crippen molar-refractivity contribution >= 4 is 0 Å². The summed E-state index contributed by atoms with van der Waals surface area (Å²) in [5, 5.41) is 9.91. The van der Waals surface area contributed by atoms with E-state index in [0.717, 1.165) is 11.3 Å². The molecule has 0 amide bonds. The predicted molar refractivity (Wildman–Crippen MR) is 81.9 cm³/mol. The fraction of sp³-hybridized carbons (Fsp3) is 0.333. The summed E-state index contributed by atoms with van der Waals surface area (Å²) < 4.78 is 5.79. The van der Waals surface area contributed by atoms with Gasteiger partial charge >= 0.3 is 0 Å². The molecule has 0 spiro atoms. The predicted octanol–water partition coefficient (Wildman–Crippen LogP) is 4.11. The number of hydrogen-bond acceptors (Lipinski definition) is 2. The smallest absolute Gasteiger partial charge is 0.119 e. The molecule has 0 aliphatic heterocycles. The third-order valence-corrected chi connectivity index (χ3v) is 3.25. The number of hydrogen-bond donors (Lipinski definition) is 1. The molecule has 2 heteroatoms. The van der Waals surface area contributed by atoms with E-state index < -0.39 is 5.60 Å². The van der Waals surface area contributed by atoms with Gasteiger partial charge in [0.25, 0.3) is 0 Å². The minimum absolute atomic E-state index is 0.560. The summed E-state index contributed by atoms with van der Waals surface area (Å²) >= 11 is 0. The molecule has 2 rings (SSSR count). The lowest BCUT2D eigenvalue weighted by Crippen LogP contribution is -2.14. The van der Waals surface area contributed by atoms with Crippen LogP contribution in [0.4, 0.5) is 0 Å². The summed E-state index contributed by atoms with van der Waals surface area (Å²) in [5.41, 5.74) is 3.75. The molecule has 0 bridgehead atoms. The van der Waals surface area contributed by atoms with Crippen LogP contribution < -0.4 is 4.74 Å². The normalized spacial score (nSPS) is 11.4. The molecule has 0 radical (unpaired) electrons. The Balaban J connectivity index is 2.04. The van der Waals surface area contributed by atoms with Gasteiger partial charge in [-0.2, -0.15) is 0 Å². The molecule has 0 heterocycles. The highest BCUT2D eigenvalue weighted by Crippen LogP contribution is 2.23. The molecular formula is C18H22O2. The Morgan fingerprint density at radius 2 is 1.50 bits per heavy atom. The monoisotopic (exact) mass is 270 g/mol. The number of aryl methyl sites for hydroxylation is 2. The van der Waals surface area contributed by atoms with Crippen molar-refractivity contribution in [1.82, 2.24) is 0 Å². The first kappa shape index (κ1) is 14.6. The summed E-state index contributed by atoms with van der Waals surface area (Å²) in [6.45, 7) is 8.30. The second-order valence-corrected chi connectivity index (χ2v) is 5.87. The zero-order valence-corrected chi connectivity index (χ0v) is 12.6. The van der Waals surface area contributed by atoms with Gasteiger partial charge in [-0.3, -0.25) is 0 Å². The molecule has 0 aliphatic carbocycles. The van der Waals surface area contributed by atoms with Crippen LogP contribution in [0.25, 0.3) is 0 Å². The summed E-state index contributed by atoms with van der Waals surface area (Å²) in [5.74, 6) is 0.817. The molecule has 1 N–H and O–H groups in total. The van der Waals surface area contributed by atoms with Crippen molar-refractivity contribution in [2.75, 3.05) is 0 Å². The summed E-state index contributed by atoms with van der Waals surface area (Å²) in [6.07, 6.45) is 0. The first-order chi connectivity index (χ1) is 9.34. The average Bonchev–Trinajstić information content (AvgIpc) is 2.35. The van der Waals surface area contributed by atoms with Crippen molar-refractivity contribution in [3.63, 3.8) is 0 Å². The molecule has 0 aliphatic rings. The maximum absolute atomic E-state index is 9.91. The van der Waals surface area contributed by atoms with Crippen LogP contribution >= 0.6 is 0 Å². The van der Waals surface area contributed by atoms with Crippen molar-refractivity contribution in [3.8, 4) is 5.75 Å². The third-order valence-electron chi connectivity index (χ3n) is 3.25. The molecule has 0 aromatic heterocycles. The van der Waals surface area contributed by atoms with E-state index in [0.29, 0.717) is 6.61 Å². The van der Waals surface area contributed by atoms with Crippen molar-refractivity contribution in [2.45, 2.75) is 39.9 Å². The summed E-state index contributed by atoms with van der Waals surface area (Å²) in [7, 11) is 0. The molecule has 0 fully saturated rings. The fourth-order valence-electron chi connectivity index (χ4n) is 2.28. The van der Waals surface area contributed by atoms with Gasteiger partial charge in [0.2, 0.25) is 0 Å². The lowest BCUT2D eigenvalue weighted by Gasteiger charge is -2.18. The Labute approximate surface area is 121 Å². The van der Waals surface area contributed by atoms with Crippen LogP contribution in [-0.2, 0) is 12.2 Å². The van der Waals surface area contributed by atoms with Crippen molar-refractivity contribution in [3.05, 3.63) is 64.7 Å². The number of rotatable bonds is 4. The zero-order valence-electron chi connectivity index (χ0n) is 12.6. The highest BCUT2D eigenvalue weighted by molar-refractivity contribution is 5.31. The Hall–Kier alpha value is -1.80. The van der Waals surface area contributed by atoms with Gasteiger partial charge in [-0.15, -0.1) is 0 Å². The van der Waals surface area contributed by atoms with Crippen LogP contribution in [0.3, 0.4) is 0 Å². The van der Waals surface area contributed by atoms with Crippen molar-refractivity contribution < 1.29 is 9.84 Å². The Bertz CT molecular complexity index is 557. The highest BCUT2D eigenvalue weighted by Gasteiger charge is 2.15. The molecular weight excluding hydrogens is 248 g/mol. The fourth-order valence-corrected chi connectivity index (χ4v) is 2.28. The van der Waals surface area contributed by atoms with Gasteiger partial charge in [-0.05, 0) is 51.0 Å². The van der Waals surface area contributed by atoms with E-state index in [1.165, 1.54) is 16.7 Å². The van der Waals surface area contributed by atoms with E-state index in [4.69, 9.17) is 4.74 Å². The first-order valence-corrected chi connectivity index (χ1v) is 6.87. The van der Waals surface area contributed by atoms with Gasteiger partial charge in [-0.25, -0.2) is 0 Å². The first-order valence-electron chi connectivity index (χ1n) is 6.87. The maximum atomic E-state index is 9.91. The minimum Gasteiger partial charge on any atom is -0.489 e. The molecule has 0 unspecified atom stereocenters. The quantitative estimate of drug-likeness (QED) is 0.906. The van der Waals surface area contributed by atoms with Crippen LogP contribution in [-0.4, -0.2) is 5.11 Å². The van der Waals surface area contributed by atoms with Gasteiger partial charge in [-0.1, -0.05) is 41.5 Å². The second kappa shape index (κ2) is 5.68. The van der Waals surface area contributed by atoms with Crippen LogP contribution in [0.5, 0.6) is 5.75 Å². The van der Waals surface area contributed by atoms with E-state index in [1.807, 2.05) is 24.3 Å². The van der Waals surface area contributed by atoms with E-state index in [9.17, 15) is 5.11 Å². The molecule has 0 saturated carbocycles. The van der Waals surface area contributed by atoms with Crippen LogP contribution in [0.2, 0.25) is 0 Å². The lowest BCUT2D eigenvalue weighted by molar-refractivity contribution is 0.0785. The molecule has 0 saturated heterocycles. The lowest BCUT2D eigenvalue weighted by atomic mass is 9.99. The van der Waals surface area contributed by atoms with E-state index >= 15 is 0 Å². The van der Waals surface area contributed by atoms with Gasteiger partial charge in [0.05, 0.1) is 5.60 Å². The summed E-state index contributed by atoms with van der Waals surface area (Å²) in [6, 6.07) is 14.0. The maximum Gasteiger partial charge on any atom is 0.119 e. The highest BCUT2D eigenvalue weighted by atomic mass is 16.5. The second-order valence-electron chi connectivity index (χ2n) is 5.87. The molecule has 2 nitrogen and oxygen atoms in total. The van der Waals surface area contributed by atoms with E-state index in [1.54, 1.807) is 13.8 Å². The van der Waals surface area contributed by atoms with Gasteiger partial charge in [0.1, 0.15) is 12.4 Å². The van der Waals surface area contributed by atoms with E-state index in [-0.39, 0.29) is 0 Å². The van der Waals surface area contributed by atoms with Gasteiger partial charge in [0.15, 0.2) is 0 Å². The van der Waals surface area contributed by atoms with Crippen LogP contribution in [0, 0.1) is 13.8 Å². The molecule has 2 aromatic rings. The minimum atomic E-state index is -0.813. The zero-order chi connectivity index (χ0) is 14.8. The van der Waals surface area contributed by atoms with Crippen LogP contribution in [0.1, 0.15) is 36.1 Å². The van der Waals surface area contributed by atoms with Gasteiger partial charge in [0, 0.05) is 0 Å². The average molecular weight is 270 g/mol. The Kier molecular flexibility index (Phi) is 4.15. The summed E-state index contributed by atoms with van der Waals surface area (Å²) in [4.78, 5) is 0. The third kappa shape index (κ3) is 3.84. The molecule has 20 heavy (non-hydrogen) atoms. The van der Waals surface area contributed by atoms with Crippen LogP contribution in [0.15, 0.2) is 42.5 Å². The standard InChI is InChI=1S/C18H22O2/c1-13-9-14(2)11-15(10-13)12-20-17-7-5-16(6-8-17)18(3,4)19/h5-11,19H,12H2,1-4H3. The number of ether oxygens (including phenoxy) is 1. The number of aliphatic hydroxyl groups is 1. The largest absolute Gasteiger partial charge is 0.489 e. The SMILES string of the molecule is Cc1cc(C)cc(COc2ccc(C(C)(C)O)cc2)c1. The Morgan fingerprint density at radius 3 is 2.00 bits per heavy atom. The van der Waals surface area contributed by atoms with E-state index in [2.05, 4.69) is 32.0 Å². The number of benzene rings is 2. The van der Waals surface area contributed by atoms with Crippen molar-refractivity contribution in [2.24, 2.45) is 0 Å².